The topological polar surface area (TPSA) is 69.1 Å². The van der Waals surface area contributed by atoms with Gasteiger partial charge in [0.2, 0.25) is 0 Å². The SMILES string of the molecule is Cc1cccc(CN2CCN(Cc3ccc(OCCO)cc3)CC2CCO)n1. The van der Waals surface area contributed by atoms with Crippen molar-refractivity contribution in [2.75, 3.05) is 39.5 Å². The van der Waals surface area contributed by atoms with Gasteiger partial charge in [-0.2, -0.15) is 0 Å². The van der Waals surface area contributed by atoms with Crippen LogP contribution in [0.15, 0.2) is 42.5 Å². The lowest BCUT2D eigenvalue weighted by molar-refractivity contribution is 0.0491. The molecule has 0 amide bonds. The number of aromatic nitrogens is 1. The van der Waals surface area contributed by atoms with Gasteiger partial charge < -0.3 is 14.9 Å². The van der Waals surface area contributed by atoms with Gasteiger partial charge in [-0.15, -0.1) is 0 Å². The van der Waals surface area contributed by atoms with Crippen LogP contribution in [0.1, 0.15) is 23.4 Å². The fourth-order valence-corrected chi connectivity index (χ4v) is 3.74. The van der Waals surface area contributed by atoms with E-state index in [0.717, 1.165) is 56.3 Å². The van der Waals surface area contributed by atoms with Crippen LogP contribution in [-0.2, 0) is 13.1 Å². The largest absolute Gasteiger partial charge is 0.491 e. The van der Waals surface area contributed by atoms with Gasteiger partial charge >= 0.3 is 0 Å². The number of aliphatic hydroxyl groups excluding tert-OH is 2. The first-order valence-corrected chi connectivity index (χ1v) is 10.0. The Labute approximate surface area is 167 Å². The summed E-state index contributed by atoms with van der Waals surface area (Å²) in [6.45, 7) is 7.19. The van der Waals surface area contributed by atoms with Gasteiger partial charge in [-0.1, -0.05) is 18.2 Å². The number of nitrogens with zero attached hydrogens (tertiary/aromatic N) is 3. The number of hydrogen-bond donors (Lipinski definition) is 2. The van der Waals surface area contributed by atoms with Crippen molar-refractivity contribution in [3.8, 4) is 5.75 Å². The molecule has 0 aliphatic carbocycles. The van der Waals surface area contributed by atoms with E-state index in [2.05, 4.69) is 39.0 Å². The van der Waals surface area contributed by atoms with Gasteiger partial charge in [-0.3, -0.25) is 14.8 Å². The molecule has 2 aromatic rings. The smallest absolute Gasteiger partial charge is 0.119 e. The molecule has 1 aliphatic heterocycles. The monoisotopic (exact) mass is 385 g/mol. The van der Waals surface area contributed by atoms with E-state index in [9.17, 15) is 5.11 Å². The minimum Gasteiger partial charge on any atom is -0.491 e. The zero-order chi connectivity index (χ0) is 19.8. The van der Waals surface area contributed by atoms with Gasteiger partial charge in [0.25, 0.3) is 0 Å². The Morgan fingerprint density at radius 2 is 1.86 bits per heavy atom. The van der Waals surface area contributed by atoms with Crippen LogP contribution in [0.5, 0.6) is 5.75 Å². The van der Waals surface area contributed by atoms with Gasteiger partial charge in [-0.25, -0.2) is 0 Å². The third-order valence-electron chi connectivity index (χ3n) is 5.15. The van der Waals surface area contributed by atoms with Gasteiger partial charge in [0.05, 0.1) is 12.3 Å². The number of hydrogen-bond acceptors (Lipinski definition) is 6. The highest BCUT2D eigenvalue weighted by atomic mass is 16.5. The molecule has 152 valence electrons. The highest BCUT2D eigenvalue weighted by Gasteiger charge is 2.27. The Morgan fingerprint density at radius 3 is 2.57 bits per heavy atom. The summed E-state index contributed by atoms with van der Waals surface area (Å²) in [6, 6.07) is 14.6. The predicted octanol–water partition coefficient (Wildman–Crippen LogP) is 1.83. The molecule has 1 atom stereocenters. The van der Waals surface area contributed by atoms with Gasteiger partial charge in [0, 0.05) is 51.1 Å². The molecule has 3 rings (SSSR count). The normalized spacial score (nSPS) is 18.3. The summed E-state index contributed by atoms with van der Waals surface area (Å²) >= 11 is 0. The summed E-state index contributed by atoms with van der Waals surface area (Å²) in [5, 5.41) is 18.4. The molecule has 0 spiro atoms. The molecule has 2 N–H and O–H groups in total. The van der Waals surface area contributed by atoms with Crippen LogP contribution in [0.4, 0.5) is 0 Å². The molecule has 1 unspecified atom stereocenters. The summed E-state index contributed by atoms with van der Waals surface area (Å²) in [7, 11) is 0. The first-order valence-electron chi connectivity index (χ1n) is 10.0. The average Bonchev–Trinajstić information content (AvgIpc) is 2.70. The quantitative estimate of drug-likeness (QED) is 0.686. The van der Waals surface area contributed by atoms with E-state index in [-0.39, 0.29) is 13.2 Å². The maximum atomic E-state index is 9.53. The van der Waals surface area contributed by atoms with Crippen molar-refractivity contribution in [1.82, 2.24) is 14.8 Å². The minimum atomic E-state index is 0.0242. The van der Waals surface area contributed by atoms with Crippen molar-refractivity contribution in [3.63, 3.8) is 0 Å². The average molecular weight is 386 g/mol. The van der Waals surface area contributed by atoms with Crippen LogP contribution in [0, 0.1) is 6.92 Å². The maximum Gasteiger partial charge on any atom is 0.119 e. The Morgan fingerprint density at radius 1 is 1.04 bits per heavy atom. The molecule has 0 radical (unpaired) electrons. The molecule has 1 aromatic carbocycles. The van der Waals surface area contributed by atoms with E-state index >= 15 is 0 Å². The Bertz CT molecular complexity index is 723. The summed E-state index contributed by atoms with van der Waals surface area (Å²) in [5.74, 6) is 0.784. The third kappa shape index (κ3) is 6.01. The van der Waals surface area contributed by atoms with Gasteiger partial charge in [-0.05, 0) is 43.2 Å². The Balaban J connectivity index is 1.57. The molecule has 28 heavy (non-hydrogen) atoms. The summed E-state index contributed by atoms with van der Waals surface area (Å²) in [4.78, 5) is 9.53. The lowest BCUT2D eigenvalue weighted by atomic mass is 10.1. The number of aryl methyl sites for hydroxylation is 1. The number of pyridine rings is 1. The van der Waals surface area contributed by atoms with Crippen molar-refractivity contribution < 1.29 is 14.9 Å². The molecule has 1 aliphatic rings. The fraction of sp³-hybridized carbons (Fsp3) is 0.500. The second kappa shape index (κ2) is 10.5. The van der Waals surface area contributed by atoms with Crippen LogP contribution >= 0.6 is 0 Å². The van der Waals surface area contributed by atoms with Crippen molar-refractivity contribution >= 4 is 0 Å². The van der Waals surface area contributed by atoms with E-state index in [1.54, 1.807) is 0 Å². The lowest BCUT2D eigenvalue weighted by Gasteiger charge is -2.41. The predicted molar refractivity (Wildman–Crippen MR) is 109 cm³/mol. The van der Waals surface area contributed by atoms with Gasteiger partial charge in [0.1, 0.15) is 12.4 Å². The molecule has 1 aromatic heterocycles. The fourth-order valence-electron chi connectivity index (χ4n) is 3.74. The second-order valence-electron chi connectivity index (χ2n) is 7.36. The molecule has 0 saturated carbocycles. The minimum absolute atomic E-state index is 0.0242. The summed E-state index contributed by atoms with van der Waals surface area (Å²) < 4.78 is 5.42. The molecule has 1 fully saturated rings. The van der Waals surface area contributed by atoms with E-state index in [0.29, 0.717) is 12.6 Å². The summed E-state index contributed by atoms with van der Waals surface area (Å²) in [5.41, 5.74) is 3.38. The summed E-state index contributed by atoms with van der Waals surface area (Å²) in [6.07, 6.45) is 0.774. The van der Waals surface area contributed by atoms with Crippen molar-refractivity contribution in [1.29, 1.82) is 0 Å². The molecule has 1 saturated heterocycles. The molecule has 6 heteroatoms. The Hall–Kier alpha value is -1.99. The highest BCUT2D eigenvalue weighted by molar-refractivity contribution is 5.27. The zero-order valence-corrected chi connectivity index (χ0v) is 16.6. The van der Waals surface area contributed by atoms with Crippen molar-refractivity contribution in [2.24, 2.45) is 0 Å². The van der Waals surface area contributed by atoms with Crippen LogP contribution in [0.3, 0.4) is 0 Å². The second-order valence-corrected chi connectivity index (χ2v) is 7.36. The Kier molecular flexibility index (Phi) is 7.80. The van der Waals surface area contributed by atoms with Crippen LogP contribution < -0.4 is 4.74 Å². The number of rotatable bonds is 9. The number of piperazine rings is 1. The molecule has 0 bridgehead atoms. The van der Waals surface area contributed by atoms with E-state index in [4.69, 9.17) is 9.84 Å². The van der Waals surface area contributed by atoms with Gasteiger partial charge in [0.15, 0.2) is 0 Å². The zero-order valence-electron chi connectivity index (χ0n) is 16.6. The van der Waals surface area contributed by atoms with Crippen molar-refractivity contribution in [3.05, 3.63) is 59.4 Å². The standard InChI is InChI=1S/C22H31N3O3/c1-18-3-2-4-20(23-18)16-25-11-10-24(17-21(25)9-12-26)15-19-5-7-22(8-6-19)28-14-13-27/h2-8,21,26-27H,9-17H2,1H3. The molecule has 6 nitrogen and oxygen atoms in total. The lowest BCUT2D eigenvalue weighted by Crippen LogP contribution is -2.52. The molecular weight excluding hydrogens is 354 g/mol. The highest BCUT2D eigenvalue weighted by Crippen LogP contribution is 2.19. The number of benzene rings is 1. The maximum absolute atomic E-state index is 9.53. The van der Waals surface area contributed by atoms with Crippen LogP contribution in [0.2, 0.25) is 0 Å². The van der Waals surface area contributed by atoms with E-state index < -0.39 is 0 Å². The first-order chi connectivity index (χ1) is 13.7. The van der Waals surface area contributed by atoms with E-state index in [1.807, 2.05) is 25.1 Å². The third-order valence-corrected chi connectivity index (χ3v) is 5.15. The van der Waals surface area contributed by atoms with Crippen molar-refractivity contribution in [2.45, 2.75) is 32.5 Å². The molecular formula is C22H31N3O3. The number of ether oxygens (including phenoxy) is 1. The van der Waals surface area contributed by atoms with E-state index in [1.165, 1.54) is 5.56 Å². The molecule has 2 heterocycles. The van der Waals surface area contributed by atoms with Crippen LogP contribution in [-0.4, -0.2) is 70.5 Å². The van der Waals surface area contributed by atoms with Crippen LogP contribution in [0.25, 0.3) is 0 Å². The first kappa shape index (κ1) is 20.7. The number of aliphatic hydroxyl groups is 2.